The maximum atomic E-state index is 11.7. The fraction of sp³-hybridized carbons (Fsp3) is 1.00. The highest BCUT2D eigenvalue weighted by Gasteiger charge is 2.34. The molecule has 0 bridgehead atoms. The summed E-state index contributed by atoms with van der Waals surface area (Å²) in [6.45, 7) is 5.23. The van der Waals surface area contributed by atoms with E-state index in [1.165, 1.54) is 0 Å². The number of hydrogen-bond acceptors (Lipinski definition) is 5. The lowest BCUT2D eigenvalue weighted by atomic mass is 9.79. The van der Waals surface area contributed by atoms with Crippen molar-refractivity contribution in [1.29, 1.82) is 0 Å². The molecule has 0 atom stereocenters. The molecular weight excluding hydrogens is 264 g/mol. The Hall–Kier alpha value is -0.170. The van der Waals surface area contributed by atoms with Crippen LogP contribution in [0.25, 0.3) is 0 Å². The molecule has 2 aliphatic rings. The van der Waals surface area contributed by atoms with E-state index in [0.717, 1.165) is 52.1 Å². The summed E-state index contributed by atoms with van der Waals surface area (Å²) in [6, 6.07) is 0. The summed E-state index contributed by atoms with van der Waals surface area (Å²) < 4.78 is 28.8. The van der Waals surface area contributed by atoms with Crippen LogP contribution in [0.3, 0.4) is 0 Å². The largest absolute Gasteiger partial charge is 0.381 e. The Morgan fingerprint density at radius 1 is 1.21 bits per heavy atom. The van der Waals surface area contributed by atoms with E-state index in [4.69, 9.17) is 4.74 Å². The molecule has 1 N–H and O–H groups in total. The smallest absolute Gasteiger partial charge is 0.151 e. The average Bonchev–Trinajstić information content (AvgIpc) is 2.52. The van der Waals surface area contributed by atoms with Gasteiger partial charge in [0.2, 0.25) is 0 Å². The third kappa shape index (κ3) is 4.41. The molecule has 0 radical (unpaired) electrons. The van der Waals surface area contributed by atoms with Crippen LogP contribution in [0, 0.1) is 5.41 Å². The Morgan fingerprint density at radius 3 is 2.63 bits per heavy atom. The lowest BCUT2D eigenvalue weighted by Gasteiger charge is -2.40. The second-order valence-corrected chi connectivity index (χ2v) is 8.23. The Kier molecular flexibility index (Phi) is 5.22. The molecule has 0 unspecified atom stereocenters. The van der Waals surface area contributed by atoms with Crippen molar-refractivity contribution in [3.05, 3.63) is 0 Å². The van der Waals surface area contributed by atoms with Crippen LogP contribution in [0.15, 0.2) is 0 Å². The lowest BCUT2D eigenvalue weighted by molar-refractivity contribution is -0.00239. The quantitative estimate of drug-likeness (QED) is 0.797. The van der Waals surface area contributed by atoms with Crippen molar-refractivity contribution >= 4 is 9.84 Å². The number of ether oxygens (including phenoxy) is 1. The summed E-state index contributed by atoms with van der Waals surface area (Å²) in [5.74, 6) is 0.671. The number of nitrogens with zero attached hydrogens (tertiary/aromatic N) is 1. The highest BCUT2D eigenvalue weighted by molar-refractivity contribution is 7.91. The molecule has 2 aliphatic heterocycles. The van der Waals surface area contributed by atoms with Gasteiger partial charge >= 0.3 is 0 Å². The van der Waals surface area contributed by atoms with Crippen LogP contribution in [0.2, 0.25) is 0 Å². The van der Waals surface area contributed by atoms with Gasteiger partial charge in [-0.25, -0.2) is 8.42 Å². The van der Waals surface area contributed by atoms with Gasteiger partial charge in [0, 0.05) is 32.8 Å². The second-order valence-electron chi connectivity index (χ2n) is 5.92. The first kappa shape index (κ1) is 15.2. The predicted octanol–water partition coefficient (Wildman–Crippen LogP) is 0.123. The van der Waals surface area contributed by atoms with Crippen molar-refractivity contribution in [1.82, 2.24) is 10.2 Å². The van der Waals surface area contributed by atoms with Gasteiger partial charge in [-0.3, -0.25) is 0 Å². The molecular formula is C13H26N2O3S. The lowest BCUT2D eigenvalue weighted by Crippen LogP contribution is -2.47. The second kappa shape index (κ2) is 6.52. The van der Waals surface area contributed by atoms with Gasteiger partial charge in [0.15, 0.2) is 9.84 Å². The molecule has 2 saturated heterocycles. The van der Waals surface area contributed by atoms with Crippen molar-refractivity contribution in [2.45, 2.75) is 19.3 Å². The molecule has 0 aromatic carbocycles. The van der Waals surface area contributed by atoms with Crippen molar-refractivity contribution in [2.75, 3.05) is 57.9 Å². The summed E-state index contributed by atoms with van der Waals surface area (Å²) in [7, 11) is -0.817. The fourth-order valence-corrected chi connectivity index (χ4v) is 4.50. The van der Waals surface area contributed by atoms with Gasteiger partial charge in [-0.05, 0) is 38.3 Å². The van der Waals surface area contributed by atoms with Crippen LogP contribution >= 0.6 is 0 Å². The Morgan fingerprint density at radius 2 is 1.95 bits per heavy atom. The van der Waals surface area contributed by atoms with Crippen molar-refractivity contribution in [3.8, 4) is 0 Å². The minimum Gasteiger partial charge on any atom is -0.381 e. The van der Waals surface area contributed by atoms with E-state index in [2.05, 4.69) is 10.2 Å². The van der Waals surface area contributed by atoms with Crippen LogP contribution < -0.4 is 5.32 Å². The summed E-state index contributed by atoms with van der Waals surface area (Å²) in [5, 5.41) is 3.30. The van der Waals surface area contributed by atoms with Gasteiger partial charge in [0.1, 0.15) is 0 Å². The average molecular weight is 290 g/mol. The fourth-order valence-electron chi connectivity index (χ4n) is 3.19. The van der Waals surface area contributed by atoms with Crippen molar-refractivity contribution < 1.29 is 13.2 Å². The van der Waals surface area contributed by atoms with E-state index in [1.54, 1.807) is 0 Å². The Labute approximate surface area is 116 Å². The molecule has 0 aromatic rings. The van der Waals surface area contributed by atoms with Gasteiger partial charge < -0.3 is 15.0 Å². The molecule has 2 rings (SSSR count). The van der Waals surface area contributed by atoms with Gasteiger partial charge in [-0.2, -0.15) is 0 Å². The zero-order valence-electron chi connectivity index (χ0n) is 11.9. The summed E-state index contributed by atoms with van der Waals surface area (Å²) in [5.41, 5.74) is 0.251. The SMILES string of the molecule is CNCC1(CN2CCCS(=O)(=O)CC2)CCOCC1. The first-order chi connectivity index (χ1) is 9.05. The van der Waals surface area contributed by atoms with Crippen LogP contribution in [-0.4, -0.2) is 71.3 Å². The standard InChI is InChI=1S/C13H26N2O3S/c1-14-11-13(3-7-18-8-4-13)12-15-5-2-9-19(16,17)10-6-15/h14H,2-12H2,1H3. The molecule has 2 fully saturated rings. The molecule has 2 heterocycles. The highest BCUT2D eigenvalue weighted by Crippen LogP contribution is 2.31. The molecule has 0 aliphatic carbocycles. The zero-order chi connectivity index (χ0) is 13.8. The summed E-state index contributed by atoms with van der Waals surface area (Å²) >= 11 is 0. The van der Waals surface area contributed by atoms with E-state index in [0.29, 0.717) is 18.1 Å². The summed E-state index contributed by atoms with van der Waals surface area (Å²) in [4.78, 5) is 2.34. The van der Waals surface area contributed by atoms with Gasteiger partial charge in [0.25, 0.3) is 0 Å². The molecule has 0 spiro atoms. The molecule has 0 aromatic heterocycles. The van der Waals surface area contributed by atoms with E-state index in [9.17, 15) is 8.42 Å². The van der Waals surface area contributed by atoms with E-state index in [1.807, 2.05) is 7.05 Å². The van der Waals surface area contributed by atoms with E-state index in [-0.39, 0.29) is 5.41 Å². The molecule has 19 heavy (non-hydrogen) atoms. The van der Waals surface area contributed by atoms with Crippen molar-refractivity contribution in [3.63, 3.8) is 0 Å². The zero-order valence-corrected chi connectivity index (χ0v) is 12.7. The Balaban J connectivity index is 1.96. The van der Waals surface area contributed by atoms with Crippen LogP contribution in [-0.2, 0) is 14.6 Å². The normalized spacial score (nSPS) is 27.8. The number of sulfone groups is 1. The third-order valence-corrected chi connectivity index (χ3v) is 6.03. The first-order valence-corrected chi connectivity index (χ1v) is 9.03. The monoisotopic (exact) mass is 290 g/mol. The maximum Gasteiger partial charge on any atom is 0.151 e. The molecule has 0 amide bonds. The number of rotatable bonds is 4. The van der Waals surface area contributed by atoms with Gasteiger partial charge in [-0.15, -0.1) is 0 Å². The van der Waals surface area contributed by atoms with Gasteiger partial charge in [-0.1, -0.05) is 0 Å². The van der Waals surface area contributed by atoms with E-state index < -0.39 is 9.84 Å². The summed E-state index contributed by atoms with van der Waals surface area (Å²) in [6.07, 6.45) is 2.91. The Bertz CT molecular complexity index is 372. The van der Waals surface area contributed by atoms with E-state index >= 15 is 0 Å². The molecule has 0 saturated carbocycles. The molecule has 6 heteroatoms. The minimum atomic E-state index is -2.81. The topological polar surface area (TPSA) is 58.6 Å². The predicted molar refractivity (Wildman–Crippen MR) is 76.1 cm³/mol. The maximum absolute atomic E-state index is 11.7. The molecule has 112 valence electrons. The first-order valence-electron chi connectivity index (χ1n) is 7.20. The van der Waals surface area contributed by atoms with Gasteiger partial charge in [0.05, 0.1) is 11.5 Å². The van der Waals surface area contributed by atoms with Crippen LogP contribution in [0.4, 0.5) is 0 Å². The minimum absolute atomic E-state index is 0.251. The molecule has 5 nitrogen and oxygen atoms in total. The number of hydrogen-bond donors (Lipinski definition) is 1. The van der Waals surface area contributed by atoms with Crippen molar-refractivity contribution in [2.24, 2.45) is 5.41 Å². The van der Waals surface area contributed by atoms with Crippen LogP contribution in [0.1, 0.15) is 19.3 Å². The number of nitrogens with one attached hydrogen (secondary N) is 1. The van der Waals surface area contributed by atoms with Crippen LogP contribution in [0.5, 0.6) is 0 Å². The highest BCUT2D eigenvalue weighted by atomic mass is 32.2. The third-order valence-electron chi connectivity index (χ3n) is 4.31.